The summed E-state index contributed by atoms with van der Waals surface area (Å²) in [6.07, 6.45) is 3.13. The van der Waals surface area contributed by atoms with E-state index in [1.54, 1.807) is 6.20 Å². The minimum Gasteiger partial charge on any atom is -0.304 e. The standard InChI is InChI=1S/C16H18ClFN4/c1-21-4-6-22(7-5-21)11-13-3-2-12(9-19-13)14-10-20-16(17)8-15(14)18/h2-3,8-10H,4-7,11H2,1H3. The molecule has 0 aromatic carbocycles. The Morgan fingerprint density at radius 3 is 2.55 bits per heavy atom. The first-order valence-electron chi connectivity index (χ1n) is 7.29. The molecule has 0 amide bonds. The van der Waals surface area contributed by atoms with Crippen molar-refractivity contribution in [3.8, 4) is 11.1 Å². The van der Waals surface area contributed by atoms with E-state index in [4.69, 9.17) is 11.6 Å². The van der Waals surface area contributed by atoms with Gasteiger partial charge in [-0.1, -0.05) is 17.7 Å². The molecular weight excluding hydrogens is 303 g/mol. The van der Waals surface area contributed by atoms with Gasteiger partial charge in [-0.15, -0.1) is 0 Å². The van der Waals surface area contributed by atoms with Gasteiger partial charge in [0.15, 0.2) is 0 Å². The third kappa shape index (κ3) is 3.61. The molecule has 2 aromatic rings. The highest BCUT2D eigenvalue weighted by Gasteiger charge is 2.14. The fraction of sp³-hybridized carbons (Fsp3) is 0.375. The zero-order chi connectivity index (χ0) is 15.5. The Morgan fingerprint density at radius 1 is 1.14 bits per heavy atom. The van der Waals surface area contributed by atoms with Crippen LogP contribution in [0.25, 0.3) is 11.1 Å². The molecule has 0 unspecified atom stereocenters. The van der Waals surface area contributed by atoms with Crippen LogP contribution in [-0.2, 0) is 6.54 Å². The quantitative estimate of drug-likeness (QED) is 0.814. The second kappa shape index (κ2) is 6.69. The Morgan fingerprint density at radius 2 is 1.91 bits per heavy atom. The summed E-state index contributed by atoms with van der Waals surface area (Å²) >= 11 is 5.67. The maximum absolute atomic E-state index is 13.9. The van der Waals surface area contributed by atoms with E-state index in [9.17, 15) is 4.39 Å². The van der Waals surface area contributed by atoms with Crippen LogP contribution in [0.3, 0.4) is 0 Å². The molecule has 0 aliphatic carbocycles. The Labute approximate surface area is 134 Å². The molecule has 1 saturated heterocycles. The van der Waals surface area contributed by atoms with Crippen LogP contribution in [0.1, 0.15) is 5.69 Å². The molecule has 0 atom stereocenters. The Hall–Kier alpha value is -1.56. The third-order valence-corrected chi connectivity index (χ3v) is 4.14. The van der Waals surface area contributed by atoms with E-state index in [2.05, 4.69) is 26.8 Å². The number of hydrogen-bond donors (Lipinski definition) is 0. The van der Waals surface area contributed by atoms with Crippen molar-refractivity contribution in [3.63, 3.8) is 0 Å². The molecule has 2 aromatic heterocycles. The molecule has 1 aliphatic heterocycles. The smallest absolute Gasteiger partial charge is 0.135 e. The van der Waals surface area contributed by atoms with Gasteiger partial charge in [-0.3, -0.25) is 9.88 Å². The molecule has 22 heavy (non-hydrogen) atoms. The normalized spacial score (nSPS) is 16.9. The molecule has 6 heteroatoms. The van der Waals surface area contributed by atoms with E-state index >= 15 is 0 Å². The predicted molar refractivity (Wildman–Crippen MR) is 85.2 cm³/mol. The number of nitrogens with zero attached hydrogens (tertiary/aromatic N) is 4. The van der Waals surface area contributed by atoms with E-state index in [1.165, 1.54) is 12.3 Å². The number of pyridine rings is 2. The molecular formula is C16H18ClFN4. The van der Waals surface area contributed by atoms with Crippen molar-refractivity contribution in [1.29, 1.82) is 0 Å². The first kappa shape index (κ1) is 15.3. The highest BCUT2D eigenvalue weighted by molar-refractivity contribution is 6.29. The van der Waals surface area contributed by atoms with Crippen LogP contribution in [0, 0.1) is 5.82 Å². The molecule has 3 rings (SSSR count). The maximum atomic E-state index is 13.9. The molecule has 1 aliphatic rings. The lowest BCUT2D eigenvalue weighted by Crippen LogP contribution is -2.43. The number of likely N-dealkylation sites (N-methyl/N-ethyl adjacent to an activating group) is 1. The van der Waals surface area contributed by atoms with Crippen LogP contribution >= 0.6 is 11.6 Å². The largest absolute Gasteiger partial charge is 0.304 e. The summed E-state index contributed by atoms with van der Waals surface area (Å²) in [5, 5.41) is 0.154. The summed E-state index contributed by atoms with van der Waals surface area (Å²) in [6, 6.07) is 5.04. The van der Waals surface area contributed by atoms with Crippen molar-refractivity contribution in [2.24, 2.45) is 0 Å². The van der Waals surface area contributed by atoms with Gasteiger partial charge in [0.05, 0.1) is 5.69 Å². The van der Waals surface area contributed by atoms with Gasteiger partial charge >= 0.3 is 0 Å². The minimum atomic E-state index is -0.381. The van der Waals surface area contributed by atoms with Crippen LogP contribution in [-0.4, -0.2) is 53.0 Å². The molecule has 116 valence electrons. The van der Waals surface area contributed by atoms with Crippen molar-refractivity contribution in [2.75, 3.05) is 33.2 Å². The van der Waals surface area contributed by atoms with Crippen LogP contribution < -0.4 is 0 Å². The first-order chi connectivity index (χ1) is 10.6. The van der Waals surface area contributed by atoms with E-state index in [0.717, 1.165) is 38.4 Å². The highest BCUT2D eigenvalue weighted by Crippen LogP contribution is 2.23. The fourth-order valence-electron chi connectivity index (χ4n) is 2.53. The van der Waals surface area contributed by atoms with Crippen molar-refractivity contribution in [2.45, 2.75) is 6.54 Å². The summed E-state index contributed by atoms with van der Waals surface area (Å²) in [4.78, 5) is 13.1. The average Bonchev–Trinajstić information content (AvgIpc) is 2.51. The van der Waals surface area contributed by atoms with Gasteiger partial charge in [0.1, 0.15) is 11.0 Å². The van der Waals surface area contributed by atoms with Crippen molar-refractivity contribution in [1.82, 2.24) is 19.8 Å². The van der Waals surface area contributed by atoms with Crippen molar-refractivity contribution in [3.05, 3.63) is 47.3 Å². The molecule has 0 radical (unpaired) electrons. The number of hydrogen-bond acceptors (Lipinski definition) is 4. The van der Waals surface area contributed by atoms with Crippen molar-refractivity contribution < 1.29 is 4.39 Å². The third-order valence-electron chi connectivity index (χ3n) is 3.94. The summed E-state index contributed by atoms with van der Waals surface area (Å²) < 4.78 is 13.9. The topological polar surface area (TPSA) is 32.3 Å². The lowest BCUT2D eigenvalue weighted by atomic mass is 10.1. The number of rotatable bonds is 3. The highest BCUT2D eigenvalue weighted by atomic mass is 35.5. The van der Waals surface area contributed by atoms with E-state index < -0.39 is 0 Å². The minimum absolute atomic E-state index is 0.154. The Balaban J connectivity index is 1.70. The maximum Gasteiger partial charge on any atom is 0.135 e. The Kier molecular flexibility index (Phi) is 4.66. The molecule has 1 fully saturated rings. The van der Waals surface area contributed by atoms with Crippen LogP contribution in [0.2, 0.25) is 5.15 Å². The molecule has 3 heterocycles. The zero-order valence-corrected chi connectivity index (χ0v) is 13.2. The zero-order valence-electron chi connectivity index (χ0n) is 12.5. The van der Waals surface area contributed by atoms with Gasteiger partial charge in [0.2, 0.25) is 0 Å². The van der Waals surface area contributed by atoms with Gasteiger partial charge in [-0.25, -0.2) is 9.37 Å². The molecule has 0 spiro atoms. The predicted octanol–water partition coefficient (Wildman–Crippen LogP) is 2.68. The fourth-order valence-corrected chi connectivity index (χ4v) is 2.68. The first-order valence-corrected chi connectivity index (χ1v) is 7.67. The Bertz CT molecular complexity index is 639. The second-order valence-electron chi connectivity index (χ2n) is 5.60. The number of halogens is 2. The van der Waals surface area contributed by atoms with Crippen LogP contribution in [0.4, 0.5) is 4.39 Å². The molecule has 0 bridgehead atoms. The van der Waals surface area contributed by atoms with Gasteiger partial charge in [-0.2, -0.15) is 0 Å². The van der Waals surface area contributed by atoms with Gasteiger partial charge in [-0.05, 0) is 13.1 Å². The SMILES string of the molecule is CN1CCN(Cc2ccc(-c3cnc(Cl)cc3F)cn2)CC1. The number of aromatic nitrogens is 2. The van der Waals surface area contributed by atoms with Gasteiger partial charge in [0.25, 0.3) is 0 Å². The summed E-state index contributed by atoms with van der Waals surface area (Å²) in [7, 11) is 2.14. The number of piperazine rings is 1. The molecule has 4 nitrogen and oxygen atoms in total. The van der Waals surface area contributed by atoms with E-state index in [-0.39, 0.29) is 11.0 Å². The summed E-state index contributed by atoms with van der Waals surface area (Å²) in [6.45, 7) is 5.10. The van der Waals surface area contributed by atoms with E-state index in [0.29, 0.717) is 11.1 Å². The van der Waals surface area contributed by atoms with Gasteiger partial charge < -0.3 is 4.90 Å². The lowest BCUT2D eigenvalue weighted by molar-refractivity contribution is 0.147. The monoisotopic (exact) mass is 320 g/mol. The average molecular weight is 321 g/mol. The molecule has 0 saturated carbocycles. The van der Waals surface area contributed by atoms with Gasteiger partial charge in [0, 0.05) is 62.3 Å². The summed E-state index contributed by atoms with van der Waals surface area (Å²) in [5.41, 5.74) is 2.13. The second-order valence-corrected chi connectivity index (χ2v) is 5.99. The van der Waals surface area contributed by atoms with Crippen LogP contribution in [0.15, 0.2) is 30.6 Å². The van der Waals surface area contributed by atoms with Crippen molar-refractivity contribution >= 4 is 11.6 Å². The van der Waals surface area contributed by atoms with E-state index in [1.807, 2.05) is 12.1 Å². The summed E-state index contributed by atoms with van der Waals surface area (Å²) in [5.74, 6) is -0.381. The molecule has 0 N–H and O–H groups in total. The lowest BCUT2D eigenvalue weighted by Gasteiger charge is -2.32. The van der Waals surface area contributed by atoms with Crippen LogP contribution in [0.5, 0.6) is 0 Å².